The van der Waals surface area contributed by atoms with Crippen molar-refractivity contribution in [3.8, 4) is 0 Å². The van der Waals surface area contributed by atoms with E-state index in [9.17, 15) is 48.6 Å². The molecule has 8 atom stereocenters. The van der Waals surface area contributed by atoms with Crippen LogP contribution in [0.2, 0.25) is 0 Å². The van der Waals surface area contributed by atoms with Crippen LogP contribution in [0.4, 0.5) is 0 Å². The van der Waals surface area contributed by atoms with Crippen LogP contribution >= 0.6 is 0 Å². The predicted molar refractivity (Wildman–Crippen MR) is 225 cm³/mol. The lowest BCUT2D eigenvalue weighted by molar-refractivity contribution is -0.143. The largest absolute Gasteiger partial charge is 0.480 e. The van der Waals surface area contributed by atoms with Crippen molar-refractivity contribution in [1.82, 2.24) is 37.2 Å². The molecule has 0 aliphatic rings. The first-order valence-electron chi connectivity index (χ1n) is 20.5. The molecule has 0 saturated heterocycles. The van der Waals surface area contributed by atoms with Crippen molar-refractivity contribution in [3.05, 3.63) is 0 Å². The average molecular weight is 856 g/mol. The van der Waals surface area contributed by atoms with Crippen molar-refractivity contribution in [2.24, 2.45) is 51.8 Å². The van der Waals surface area contributed by atoms with Gasteiger partial charge >= 0.3 is 5.97 Å². The number of carbonyl (C=O) groups excluding carboxylic acids is 7. The van der Waals surface area contributed by atoms with Gasteiger partial charge in [0.2, 0.25) is 41.4 Å². The number of nitrogens with one attached hydrogen (secondary N) is 7. The molecule has 21 heteroatoms. The molecule has 0 unspecified atom stereocenters. The lowest BCUT2D eigenvalue weighted by Crippen LogP contribution is -2.61. The molecule has 0 fully saturated rings. The number of carboxylic acid groups (broad SMARTS) is 1. The second-order valence-corrected chi connectivity index (χ2v) is 16.9. The van der Waals surface area contributed by atoms with E-state index in [0.29, 0.717) is 0 Å². The maximum atomic E-state index is 13.7. The van der Waals surface area contributed by atoms with Gasteiger partial charge in [-0.3, -0.25) is 38.6 Å². The summed E-state index contributed by atoms with van der Waals surface area (Å²) in [6.45, 7) is 17.9. The fourth-order valence-electron chi connectivity index (χ4n) is 5.71. The number of carbonyl (C=O) groups is 8. The highest BCUT2D eigenvalue weighted by molar-refractivity contribution is 5.97. The second kappa shape index (κ2) is 26.9. The van der Waals surface area contributed by atoms with Gasteiger partial charge in [-0.15, -0.1) is 0 Å². The van der Waals surface area contributed by atoms with Crippen molar-refractivity contribution in [3.63, 3.8) is 0 Å². The molecule has 0 aromatic heterocycles. The fraction of sp³-hybridized carbons (Fsp3) is 0.769. The van der Waals surface area contributed by atoms with Crippen molar-refractivity contribution >= 4 is 53.3 Å². The summed E-state index contributed by atoms with van der Waals surface area (Å²) in [5, 5.41) is 37.6. The Hall–Kier alpha value is -5.05. The molecule has 0 aliphatic heterocycles. The minimum atomic E-state index is -1.59. The van der Waals surface area contributed by atoms with Gasteiger partial charge in [0.1, 0.15) is 42.3 Å². The van der Waals surface area contributed by atoms with Gasteiger partial charge in [0.05, 0.1) is 12.6 Å². The fourth-order valence-corrected chi connectivity index (χ4v) is 5.71. The molecule has 0 aliphatic carbocycles. The van der Waals surface area contributed by atoms with E-state index in [1.807, 2.05) is 13.8 Å². The molecule has 7 amide bonds. The average Bonchev–Trinajstić information content (AvgIpc) is 3.13. The Morgan fingerprint density at radius 2 is 0.933 bits per heavy atom. The normalized spacial score (nSPS) is 15.4. The van der Waals surface area contributed by atoms with Gasteiger partial charge < -0.3 is 64.6 Å². The molecule has 0 aromatic rings. The molecule has 0 saturated carbocycles. The third kappa shape index (κ3) is 20.3. The van der Waals surface area contributed by atoms with Crippen molar-refractivity contribution < 1.29 is 48.6 Å². The number of hydrogen-bond acceptors (Lipinski definition) is 11. The quantitative estimate of drug-likeness (QED) is 0.0240. The number of guanidine groups is 1. The molecule has 0 rings (SSSR count). The third-order valence-corrected chi connectivity index (χ3v) is 9.32. The Morgan fingerprint density at radius 1 is 0.517 bits per heavy atom. The number of amides is 7. The summed E-state index contributed by atoms with van der Waals surface area (Å²) in [6, 6.07) is -9.62. The summed E-state index contributed by atoms with van der Waals surface area (Å²) in [4.78, 5) is 109. The van der Waals surface area contributed by atoms with Gasteiger partial charge in [-0.25, -0.2) is 4.79 Å². The van der Waals surface area contributed by atoms with Gasteiger partial charge in [0.15, 0.2) is 5.96 Å². The zero-order valence-electron chi connectivity index (χ0n) is 37.1. The van der Waals surface area contributed by atoms with E-state index in [0.717, 1.165) is 0 Å². The zero-order valence-corrected chi connectivity index (χ0v) is 37.1. The minimum Gasteiger partial charge on any atom is -0.480 e. The number of aliphatic carboxylic acids is 1. The highest BCUT2D eigenvalue weighted by Crippen LogP contribution is 2.12. The van der Waals surface area contributed by atoms with Crippen LogP contribution in [0.3, 0.4) is 0 Å². The second-order valence-electron chi connectivity index (χ2n) is 16.9. The Labute approximate surface area is 353 Å². The molecular formula is C39H73N11O10. The van der Waals surface area contributed by atoms with E-state index in [4.69, 9.17) is 17.2 Å². The van der Waals surface area contributed by atoms with Crippen LogP contribution in [0.25, 0.3) is 0 Å². The van der Waals surface area contributed by atoms with Crippen LogP contribution in [-0.4, -0.2) is 125 Å². The Bertz CT molecular complexity index is 1480. The molecular weight excluding hydrogens is 782 g/mol. The number of hydrogen-bond donors (Lipinski definition) is 12. The maximum Gasteiger partial charge on any atom is 0.326 e. The summed E-state index contributed by atoms with van der Waals surface area (Å²) in [5.74, 6) is -8.19. The number of carboxylic acids is 1. The standard InChI is InChI=1S/C39H73N11O10/c1-18(2)15-25(46-31(52)23(11)44-36(57)28(40)20(5)6)33(54)47-26(16-19(3)4)34(55)48-27(17-51)35(56)49-29(21(7)8)37(58)45-24(13-12-14-43-39(41)42)32(53)50-30(22(9)10)38(59)60/h18-30,51H,12-17,40H2,1-11H3,(H,44,57)(H,45,58)(H,46,52)(H,47,54)(H,48,55)(H,49,56)(H,50,53)(H,59,60)(H4,41,42,43)/t23-,24-,25-,26-,27-,28-,29-,30-/m0/s1. The van der Waals surface area contributed by atoms with Crippen LogP contribution in [0.15, 0.2) is 4.99 Å². The third-order valence-electron chi connectivity index (χ3n) is 9.32. The van der Waals surface area contributed by atoms with Crippen LogP contribution in [0.5, 0.6) is 0 Å². The van der Waals surface area contributed by atoms with Crippen molar-refractivity contribution in [1.29, 1.82) is 0 Å². The molecule has 0 aromatic carbocycles. The molecule has 0 bridgehead atoms. The first kappa shape index (κ1) is 54.9. The number of aliphatic hydroxyl groups is 1. The summed E-state index contributed by atoms with van der Waals surface area (Å²) in [6.07, 6.45) is 0.496. The van der Waals surface area contributed by atoms with E-state index in [1.54, 1.807) is 55.4 Å². The van der Waals surface area contributed by atoms with Crippen molar-refractivity contribution in [2.75, 3.05) is 13.2 Å². The van der Waals surface area contributed by atoms with Crippen LogP contribution in [0.1, 0.15) is 102 Å². The molecule has 60 heavy (non-hydrogen) atoms. The smallest absolute Gasteiger partial charge is 0.326 e. The predicted octanol–water partition coefficient (Wildman–Crippen LogP) is -2.08. The maximum absolute atomic E-state index is 13.7. The van der Waals surface area contributed by atoms with Crippen LogP contribution < -0.4 is 54.4 Å². The summed E-state index contributed by atoms with van der Waals surface area (Å²) >= 11 is 0. The van der Waals surface area contributed by atoms with E-state index < -0.39 is 114 Å². The molecule has 21 nitrogen and oxygen atoms in total. The van der Waals surface area contributed by atoms with Gasteiger partial charge in [0, 0.05) is 6.54 Å². The van der Waals surface area contributed by atoms with E-state index in [2.05, 4.69) is 42.2 Å². The summed E-state index contributed by atoms with van der Waals surface area (Å²) < 4.78 is 0. The number of aliphatic imine (C=N–C) groups is 1. The number of nitrogens with zero attached hydrogens (tertiary/aromatic N) is 1. The summed E-state index contributed by atoms with van der Waals surface area (Å²) in [5.41, 5.74) is 16.7. The van der Waals surface area contributed by atoms with Gasteiger partial charge in [-0.1, -0.05) is 69.2 Å². The van der Waals surface area contributed by atoms with E-state index in [1.165, 1.54) is 6.92 Å². The molecule has 15 N–H and O–H groups in total. The Balaban J connectivity index is 6.16. The van der Waals surface area contributed by atoms with E-state index in [-0.39, 0.29) is 55.9 Å². The number of rotatable bonds is 27. The zero-order chi connectivity index (χ0) is 46.6. The lowest BCUT2D eigenvalue weighted by Gasteiger charge is -2.29. The molecule has 0 radical (unpaired) electrons. The monoisotopic (exact) mass is 856 g/mol. The SMILES string of the molecule is CC(C)C[C@H](NC(=O)[C@H](C)NC(=O)[C@@H](N)C(C)C)C(=O)N[C@@H](CC(C)C)C(=O)N[C@@H](CO)C(=O)N[C@H](C(=O)N[C@@H](CCCN=C(N)N)C(=O)N[C@H](C(=O)O)C(C)C)C(C)C. The van der Waals surface area contributed by atoms with Crippen LogP contribution in [0, 0.1) is 29.6 Å². The molecule has 0 spiro atoms. The molecule has 0 heterocycles. The van der Waals surface area contributed by atoms with Gasteiger partial charge in [-0.05, 0) is 62.2 Å². The first-order valence-corrected chi connectivity index (χ1v) is 20.5. The topological polar surface area (TPSA) is 352 Å². The Kier molecular flexibility index (Phi) is 24.7. The highest BCUT2D eigenvalue weighted by atomic mass is 16.4. The Morgan fingerprint density at radius 3 is 1.35 bits per heavy atom. The van der Waals surface area contributed by atoms with Crippen molar-refractivity contribution in [2.45, 2.75) is 150 Å². The summed E-state index contributed by atoms with van der Waals surface area (Å²) in [7, 11) is 0. The van der Waals surface area contributed by atoms with E-state index >= 15 is 0 Å². The van der Waals surface area contributed by atoms with Crippen LogP contribution in [-0.2, 0) is 38.4 Å². The van der Waals surface area contributed by atoms with Gasteiger partial charge in [0.25, 0.3) is 0 Å². The molecule has 344 valence electrons. The lowest BCUT2D eigenvalue weighted by atomic mass is 9.99. The highest BCUT2D eigenvalue weighted by Gasteiger charge is 2.35. The minimum absolute atomic E-state index is 0.000130. The number of aliphatic hydroxyl groups excluding tert-OH is 1. The number of nitrogens with two attached hydrogens (primary N) is 3. The van der Waals surface area contributed by atoms with Gasteiger partial charge in [-0.2, -0.15) is 0 Å². The first-order chi connectivity index (χ1) is 27.7.